The molecule has 5 heteroatoms. The predicted molar refractivity (Wildman–Crippen MR) is 75.6 cm³/mol. The van der Waals surface area contributed by atoms with Gasteiger partial charge in [0.25, 0.3) is 0 Å². The molecular formula is C13H13BrClNO2. The molecule has 1 aliphatic heterocycles. The molecule has 1 unspecified atom stereocenters. The maximum Gasteiger partial charge on any atom is 0.249 e. The van der Waals surface area contributed by atoms with Crippen LogP contribution < -0.4 is 5.32 Å². The Morgan fingerprint density at radius 1 is 1.39 bits per heavy atom. The second-order valence-electron chi connectivity index (χ2n) is 4.38. The standard InChI is InChI=1S/C13H13BrClNO2/c1-2-3-6-13(14)11(17)9-7-8(15)4-5-10(9)16-12(13)18/h4-5,7H,2-3,6H2,1H3,(H,16,18). The van der Waals surface area contributed by atoms with Crippen molar-refractivity contribution in [3.63, 3.8) is 0 Å². The van der Waals surface area contributed by atoms with E-state index in [2.05, 4.69) is 21.2 Å². The maximum atomic E-state index is 12.4. The Morgan fingerprint density at radius 3 is 2.78 bits per heavy atom. The van der Waals surface area contributed by atoms with Gasteiger partial charge in [0.1, 0.15) is 0 Å². The fourth-order valence-electron chi connectivity index (χ4n) is 2.00. The van der Waals surface area contributed by atoms with Crippen LogP contribution in [0.15, 0.2) is 18.2 Å². The van der Waals surface area contributed by atoms with E-state index in [1.54, 1.807) is 18.2 Å². The summed E-state index contributed by atoms with van der Waals surface area (Å²) in [6.07, 6.45) is 2.22. The summed E-state index contributed by atoms with van der Waals surface area (Å²) in [5.74, 6) is -0.507. The van der Waals surface area contributed by atoms with Gasteiger partial charge >= 0.3 is 0 Å². The first-order valence-corrected chi connectivity index (χ1v) is 7.01. The number of carbonyl (C=O) groups excluding carboxylic acids is 2. The summed E-state index contributed by atoms with van der Waals surface area (Å²) in [7, 11) is 0. The summed E-state index contributed by atoms with van der Waals surface area (Å²) in [6.45, 7) is 2.02. The van der Waals surface area contributed by atoms with Gasteiger partial charge in [-0.2, -0.15) is 0 Å². The van der Waals surface area contributed by atoms with Gasteiger partial charge in [-0.3, -0.25) is 9.59 Å². The number of carbonyl (C=O) groups is 2. The van der Waals surface area contributed by atoms with E-state index < -0.39 is 4.32 Å². The first-order chi connectivity index (χ1) is 8.49. The number of amides is 1. The fraction of sp³-hybridized carbons (Fsp3) is 0.385. The van der Waals surface area contributed by atoms with Crippen molar-refractivity contribution in [1.82, 2.24) is 0 Å². The molecule has 1 atom stereocenters. The minimum atomic E-state index is -1.15. The minimum absolute atomic E-state index is 0.211. The first-order valence-electron chi connectivity index (χ1n) is 5.83. The molecule has 1 N–H and O–H groups in total. The molecule has 1 aromatic carbocycles. The van der Waals surface area contributed by atoms with Crippen LogP contribution in [0, 0.1) is 0 Å². The molecule has 0 bridgehead atoms. The molecule has 0 saturated carbocycles. The monoisotopic (exact) mass is 329 g/mol. The zero-order chi connectivity index (χ0) is 13.3. The number of halogens is 2. The lowest BCUT2D eigenvalue weighted by Gasteiger charge is -2.30. The van der Waals surface area contributed by atoms with Crippen molar-refractivity contribution in [2.24, 2.45) is 0 Å². The van der Waals surface area contributed by atoms with E-state index in [4.69, 9.17) is 11.6 Å². The molecule has 2 rings (SSSR count). The van der Waals surface area contributed by atoms with Crippen molar-refractivity contribution in [3.05, 3.63) is 28.8 Å². The summed E-state index contributed by atoms with van der Waals surface area (Å²) in [5, 5.41) is 3.24. The highest BCUT2D eigenvalue weighted by Crippen LogP contribution is 2.38. The number of fused-ring (bicyclic) bond motifs is 1. The molecule has 96 valence electrons. The number of nitrogens with one attached hydrogen (secondary N) is 1. The van der Waals surface area contributed by atoms with Crippen LogP contribution in [0.5, 0.6) is 0 Å². The van der Waals surface area contributed by atoms with Gasteiger partial charge in [-0.05, 0) is 24.6 Å². The highest BCUT2D eigenvalue weighted by Gasteiger charge is 2.47. The van der Waals surface area contributed by atoms with Crippen LogP contribution in [0.1, 0.15) is 36.5 Å². The average molecular weight is 331 g/mol. The number of alkyl halides is 1. The third-order valence-electron chi connectivity index (χ3n) is 3.07. The van der Waals surface area contributed by atoms with E-state index in [0.717, 1.165) is 12.8 Å². The molecule has 18 heavy (non-hydrogen) atoms. The molecule has 0 spiro atoms. The van der Waals surface area contributed by atoms with E-state index in [1.165, 1.54) is 0 Å². The van der Waals surface area contributed by atoms with Crippen LogP contribution in [0.2, 0.25) is 5.02 Å². The number of unbranched alkanes of at least 4 members (excludes halogenated alkanes) is 1. The zero-order valence-corrected chi connectivity index (χ0v) is 12.3. The van der Waals surface area contributed by atoms with Gasteiger partial charge < -0.3 is 5.32 Å². The Hall–Kier alpha value is -0.870. The molecule has 1 heterocycles. The Morgan fingerprint density at radius 2 is 2.11 bits per heavy atom. The highest BCUT2D eigenvalue weighted by atomic mass is 79.9. The number of Topliss-reactive ketones (excluding diaryl/α,β-unsaturated/α-hetero) is 1. The van der Waals surface area contributed by atoms with Crippen LogP contribution in [0.3, 0.4) is 0 Å². The smallest absolute Gasteiger partial charge is 0.249 e. The van der Waals surface area contributed by atoms with Crippen molar-refractivity contribution in [3.8, 4) is 0 Å². The minimum Gasteiger partial charge on any atom is -0.324 e. The van der Waals surface area contributed by atoms with Gasteiger partial charge in [-0.25, -0.2) is 0 Å². The van der Waals surface area contributed by atoms with Crippen LogP contribution in [-0.2, 0) is 4.79 Å². The summed E-state index contributed by atoms with van der Waals surface area (Å²) >= 11 is 9.21. The van der Waals surface area contributed by atoms with Gasteiger partial charge in [0, 0.05) is 10.6 Å². The van der Waals surface area contributed by atoms with Crippen LogP contribution >= 0.6 is 27.5 Å². The first kappa shape index (κ1) is 13.6. The number of benzene rings is 1. The molecule has 0 fully saturated rings. The van der Waals surface area contributed by atoms with E-state index in [-0.39, 0.29) is 11.7 Å². The van der Waals surface area contributed by atoms with E-state index in [9.17, 15) is 9.59 Å². The van der Waals surface area contributed by atoms with Gasteiger partial charge in [0.15, 0.2) is 10.1 Å². The topological polar surface area (TPSA) is 46.2 Å². The van der Waals surface area contributed by atoms with Crippen molar-refractivity contribution >= 4 is 44.9 Å². The van der Waals surface area contributed by atoms with Gasteiger partial charge in [-0.15, -0.1) is 0 Å². The largest absolute Gasteiger partial charge is 0.324 e. The molecule has 0 radical (unpaired) electrons. The van der Waals surface area contributed by atoms with Crippen molar-refractivity contribution in [2.75, 3.05) is 5.32 Å². The van der Waals surface area contributed by atoms with E-state index in [0.29, 0.717) is 22.7 Å². The maximum absolute atomic E-state index is 12.4. The number of rotatable bonds is 3. The number of ketones is 1. The lowest BCUT2D eigenvalue weighted by Crippen LogP contribution is -2.48. The molecule has 1 aromatic rings. The van der Waals surface area contributed by atoms with Crippen molar-refractivity contribution in [2.45, 2.75) is 30.5 Å². The molecule has 0 saturated heterocycles. The molecule has 1 amide bonds. The Balaban J connectivity index is 2.43. The van der Waals surface area contributed by atoms with Gasteiger partial charge in [-0.1, -0.05) is 47.3 Å². The summed E-state index contributed by atoms with van der Waals surface area (Å²) in [6, 6.07) is 4.90. The fourth-order valence-corrected chi connectivity index (χ4v) is 2.76. The predicted octanol–water partition coefficient (Wildman–Crippen LogP) is 3.80. The van der Waals surface area contributed by atoms with E-state index in [1.807, 2.05) is 6.92 Å². The van der Waals surface area contributed by atoms with Gasteiger partial charge in [0.2, 0.25) is 5.91 Å². The summed E-state index contributed by atoms with van der Waals surface area (Å²) in [4.78, 5) is 24.5. The van der Waals surface area contributed by atoms with Crippen molar-refractivity contribution in [1.29, 1.82) is 0 Å². The molecule has 0 aromatic heterocycles. The second kappa shape index (κ2) is 5.02. The summed E-state index contributed by atoms with van der Waals surface area (Å²) in [5.41, 5.74) is 0.996. The number of hydrogen-bond acceptors (Lipinski definition) is 2. The van der Waals surface area contributed by atoms with Gasteiger partial charge in [0.05, 0.1) is 5.69 Å². The zero-order valence-electron chi connectivity index (χ0n) is 9.93. The Kier molecular flexibility index (Phi) is 3.78. The SMILES string of the molecule is CCCCC1(Br)C(=O)Nc2ccc(Cl)cc2C1=O. The van der Waals surface area contributed by atoms with Crippen molar-refractivity contribution < 1.29 is 9.59 Å². The lowest BCUT2D eigenvalue weighted by molar-refractivity contribution is -0.117. The molecule has 1 aliphatic rings. The normalized spacial score (nSPS) is 22.6. The Labute approximate surface area is 119 Å². The lowest BCUT2D eigenvalue weighted by atomic mass is 9.87. The summed E-state index contributed by atoms with van der Waals surface area (Å²) < 4.78 is -1.15. The Bertz CT molecular complexity index is 518. The van der Waals surface area contributed by atoms with E-state index >= 15 is 0 Å². The second-order valence-corrected chi connectivity index (χ2v) is 6.17. The van der Waals surface area contributed by atoms with Crippen LogP contribution in [0.4, 0.5) is 5.69 Å². The average Bonchev–Trinajstić information content (AvgIpc) is 2.35. The molecular weight excluding hydrogens is 318 g/mol. The third-order valence-corrected chi connectivity index (χ3v) is 4.42. The number of anilines is 1. The van der Waals surface area contributed by atoms with Crippen LogP contribution in [-0.4, -0.2) is 16.0 Å². The molecule has 0 aliphatic carbocycles. The molecule has 3 nitrogen and oxygen atoms in total. The third kappa shape index (κ3) is 2.19. The quantitative estimate of drug-likeness (QED) is 0.677. The van der Waals surface area contributed by atoms with Crippen LogP contribution in [0.25, 0.3) is 0 Å². The highest BCUT2D eigenvalue weighted by molar-refractivity contribution is 9.10. The number of hydrogen-bond donors (Lipinski definition) is 1.